The summed E-state index contributed by atoms with van der Waals surface area (Å²) in [6.45, 7) is 0.202. The molecule has 0 aromatic heterocycles. The molecule has 8 heteroatoms. The second-order valence-electron chi connectivity index (χ2n) is 6.77. The summed E-state index contributed by atoms with van der Waals surface area (Å²) in [4.78, 5) is 13.6. The van der Waals surface area contributed by atoms with Crippen LogP contribution in [0.1, 0.15) is 10.4 Å². The lowest BCUT2D eigenvalue weighted by Gasteiger charge is -2.34. The van der Waals surface area contributed by atoms with E-state index in [2.05, 4.69) is 0 Å². The van der Waals surface area contributed by atoms with Crippen LogP contribution in [-0.2, 0) is 10.0 Å². The third-order valence-corrected chi connectivity index (χ3v) is 7.01. The van der Waals surface area contributed by atoms with Gasteiger partial charge < -0.3 is 4.90 Å². The van der Waals surface area contributed by atoms with Gasteiger partial charge in [-0.25, -0.2) is 17.2 Å². The number of fused-ring (bicyclic) bond motifs is 1. The van der Waals surface area contributed by atoms with E-state index < -0.39 is 26.6 Å². The maximum Gasteiger partial charge on any atom is 0.254 e. The highest BCUT2D eigenvalue weighted by molar-refractivity contribution is 7.89. The highest BCUT2D eigenvalue weighted by Gasteiger charge is 2.34. The Morgan fingerprint density at radius 1 is 0.793 bits per heavy atom. The molecule has 1 aliphatic rings. The summed E-state index contributed by atoms with van der Waals surface area (Å²) in [5.41, 5.74) is 0.541. The van der Waals surface area contributed by atoms with Crippen LogP contribution in [0.15, 0.2) is 65.6 Å². The first-order valence-corrected chi connectivity index (χ1v) is 10.5. The first-order valence-electron chi connectivity index (χ1n) is 9.11. The van der Waals surface area contributed by atoms with Crippen LogP contribution >= 0.6 is 0 Å². The monoisotopic (exact) mass is 416 g/mol. The molecule has 29 heavy (non-hydrogen) atoms. The van der Waals surface area contributed by atoms with Crippen molar-refractivity contribution in [2.24, 2.45) is 0 Å². The molecule has 0 bridgehead atoms. The van der Waals surface area contributed by atoms with Crippen molar-refractivity contribution in [1.29, 1.82) is 0 Å². The first kappa shape index (κ1) is 19.5. The molecule has 0 atom stereocenters. The third-order valence-electron chi connectivity index (χ3n) is 5.06. The molecule has 1 fully saturated rings. The molecule has 0 unspecified atom stereocenters. The lowest BCUT2D eigenvalue weighted by molar-refractivity contribution is 0.0699. The summed E-state index contributed by atoms with van der Waals surface area (Å²) in [7, 11) is -4.33. The van der Waals surface area contributed by atoms with Gasteiger partial charge in [0.2, 0.25) is 10.0 Å². The maximum atomic E-state index is 14.0. The zero-order chi connectivity index (χ0) is 20.6. The van der Waals surface area contributed by atoms with Gasteiger partial charge in [0.05, 0.1) is 0 Å². The van der Waals surface area contributed by atoms with E-state index in [1.165, 1.54) is 0 Å². The van der Waals surface area contributed by atoms with Gasteiger partial charge in [-0.3, -0.25) is 4.79 Å². The van der Waals surface area contributed by atoms with Crippen molar-refractivity contribution in [3.05, 3.63) is 77.9 Å². The highest BCUT2D eigenvalue weighted by Crippen LogP contribution is 2.25. The van der Waals surface area contributed by atoms with Crippen molar-refractivity contribution in [2.75, 3.05) is 26.2 Å². The van der Waals surface area contributed by atoms with E-state index in [4.69, 9.17) is 0 Å². The molecule has 0 saturated carbocycles. The number of piperazine rings is 1. The number of amides is 1. The molecule has 0 radical (unpaired) electrons. The number of hydrogen-bond donors (Lipinski definition) is 0. The average molecular weight is 416 g/mol. The number of carbonyl (C=O) groups is 1. The number of halogens is 2. The molecular formula is C21H18F2N2O3S. The molecule has 5 nitrogen and oxygen atoms in total. The molecule has 0 aliphatic carbocycles. The van der Waals surface area contributed by atoms with Gasteiger partial charge in [-0.15, -0.1) is 0 Å². The minimum absolute atomic E-state index is 0.0351. The minimum Gasteiger partial charge on any atom is -0.336 e. The number of nitrogens with zero attached hydrogens (tertiary/aromatic N) is 2. The second kappa shape index (κ2) is 7.53. The predicted octanol–water partition coefficient (Wildman–Crippen LogP) is 3.26. The topological polar surface area (TPSA) is 57.7 Å². The van der Waals surface area contributed by atoms with Gasteiger partial charge in [-0.1, -0.05) is 42.5 Å². The van der Waals surface area contributed by atoms with Gasteiger partial charge in [0, 0.05) is 31.7 Å². The van der Waals surface area contributed by atoms with E-state index in [1.807, 2.05) is 30.3 Å². The zero-order valence-corrected chi connectivity index (χ0v) is 16.2. The summed E-state index contributed by atoms with van der Waals surface area (Å²) in [5.74, 6) is -2.45. The van der Waals surface area contributed by atoms with Crippen LogP contribution in [0.2, 0.25) is 0 Å². The molecule has 1 aliphatic heterocycles. The summed E-state index contributed by atoms with van der Waals surface area (Å²) >= 11 is 0. The van der Waals surface area contributed by atoms with Crippen molar-refractivity contribution < 1.29 is 22.0 Å². The Morgan fingerprint density at radius 3 is 2.07 bits per heavy atom. The molecule has 0 N–H and O–H groups in total. The van der Waals surface area contributed by atoms with Crippen molar-refractivity contribution in [3.8, 4) is 0 Å². The van der Waals surface area contributed by atoms with Gasteiger partial charge in [0.15, 0.2) is 4.90 Å². The fourth-order valence-corrected chi connectivity index (χ4v) is 5.10. The average Bonchev–Trinajstić information content (AvgIpc) is 2.72. The quantitative estimate of drug-likeness (QED) is 0.659. The molecule has 4 rings (SSSR count). The van der Waals surface area contributed by atoms with E-state index >= 15 is 0 Å². The molecule has 3 aromatic carbocycles. The number of hydrogen-bond acceptors (Lipinski definition) is 3. The third kappa shape index (κ3) is 3.49. The molecule has 150 valence electrons. The maximum absolute atomic E-state index is 14.0. The standard InChI is InChI=1S/C21H18F2N2O3S/c22-18-9-4-10-19(23)20(18)29(27,28)25-13-11-24(12-14-25)21(26)17-8-3-6-15-5-1-2-7-16(15)17/h1-10H,11-14H2. The first-order chi connectivity index (χ1) is 13.9. The van der Waals surface area contributed by atoms with E-state index in [1.54, 1.807) is 17.0 Å². The minimum atomic E-state index is -4.33. The van der Waals surface area contributed by atoms with Crippen LogP contribution in [0.4, 0.5) is 8.78 Å². The fraction of sp³-hybridized carbons (Fsp3) is 0.190. The summed E-state index contributed by atoms with van der Waals surface area (Å²) < 4.78 is 54.3. The van der Waals surface area contributed by atoms with Crippen LogP contribution in [0.5, 0.6) is 0 Å². The molecule has 1 heterocycles. The van der Waals surface area contributed by atoms with Crippen molar-refractivity contribution in [1.82, 2.24) is 9.21 Å². The Bertz CT molecular complexity index is 1160. The van der Waals surface area contributed by atoms with Crippen molar-refractivity contribution >= 4 is 26.7 Å². The Hall–Kier alpha value is -2.84. The number of carbonyl (C=O) groups excluding carboxylic acids is 1. The van der Waals surface area contributed by atoms with Gasteiger partial charge in [0.1, 0.15) is 11.6 Å². The van der Waals surface area contributed by atoms with Crippen molar-refractivity contribution in [3.63, 3.8) is 0 Å². The summed E-state index contributed by atoms with van der Waals surface area (Å²) in [5, 5.41) is 1.76. The Labute approximate surface area is 167 Å². The Kier molecular flexibility index (Phi) is 5.06. The van der Waals surface area contributed by atoms with Gasteiger partial charge in [-0.05, 0) is 29.0 Å². The van der Waals surface area contributed by atoms with E-state index in [0.717, 1.165) is 33.3 Å². The predicted molar refractivity (Wildman–Crippen MR) is 105 cm³/mol. The van der Waals surface area contributed by atoms with Crippen LogP contribution in [0.3, 0.4) is 0 Å². The number of sulfonamides is 1. The van der Waals surface area contributed by atoms with Crippen molar-refractivity contribution in [2.45, 2.75) is 4.90 Å². The smallest absolute Gasteiger partial charge is 0.254 e. The van der Waals surface area contributed by atoms with Gasteiger partial charge >= 0.3 is 0 Å². The molecule has 1 amide bonds. The molecule has 1 saturated heterocycles. The normalized spacial score (nSPS) is 15.6. The van der Waals surface area contributed by atoms with Crippen LogP contribution < -0.4 is 0 Å². The van der Waals surface area contributed by atoms with E-state index in [-0.39, 0.29) is 32.1 Å². The van der Waals surface area contributed by atoms with Crippen LogP contribution in [-0.4, -0.2) is 49.7 Å². The zero-order valence-electron chi connectivity index (χ0n) is 15.4. The molecule has 0 spiro atoms. The molecular weight excluding hydrogens is 398 g/mol. The van der Waals surface area contributed by atoms with Gasteiger partial charge in [0.25, 0.3) is 5.91 Å². The van der Waals surface area contributed by atoms with Crippen LogP contribution in [0.25, 0.3) is 10.8 Å². The summed E-state index contributed by atoms with van der Waals surface area (Å²) in [6, 6.07) is 15.9. The largest absolute Gasteiger partial charge is 0.336 e. The molecule has 3 aromatic rings. The fourth-order valence-electron chi connectivity index (χ4n) is 3.57. The Balaban J connectivity index is 1.54. The Morgan fingerprint density at radius 2 is 1.38 bits per heavy atom. The van der Waals surface area contributed by atoms with Gasteiger partial charge in [-0.2, -0.15) is 4.31 Å². The van der Waals surface area contributed by atoms with Crippen LogP contribution in [0, 0.1) is 11.6 Å². The second-order valence-corrected chi connectivity index (χ2v) is 8.65. The lowest BCUT2D eigenvalue weighted by atomic mass is 10.0. The van der Waals surface area contributed by atoms with E-state index in [9.17, 15) is 22.0 Å². The summed E-state index contributed by atoms with van der Waals surface area (Å²) in [6.07, 6.45) is 0. The lowest BCUT2D eigenvalue weighted by Crippen LogP contribution is -2.50. The highest BCUT2D eigenvalue weighted by atomic mass is 32.2. The SMILES string of the molecule is O=C(c1cccc2ccccc12)N1CCN(S(=O)(=O)c2c(F)cccc2F)CC1. The number of rotatable bonds is 3. The number of benzene rings is 3. The van der Waals surface area contributed by atoms with E-state index in [0.29, 0.717) is 5.56 Å².